The second-order valence-electron chi connectivity index (χ2n) is 10.0. The van der Waals surface area contributed by atoms with Crippen LogP contribution in [0.5, 0.6) is 5.88 Å². The molecule has 6 rings (SSSR count). The molecule has 1 aliphatic carbocycles. The van der Waals surface area contributed by atoms with E-state index in [0.29, 0.717) is 41.3 Å². The molecule has 38 heavy (non-hydrogen) atoms. The van der Waals surface area contributed by atoms with Gasteiger partial charge >= 0.3 is 5.97 Å². The maximum Gasteiger partial charge on any atom is 0.337 e. The lowest BCUT2D eigenvalue weighted by Gasteiger charge is -2.18. The van der Waals surface area contributed by atoms with Gasteiger partial charge in [-0.15, -0.1) is 0 Å². The van der Waals surface area contributed by atoms with E-state index in [1.165, 1.54) is 13.2 Å². The minimum atomic E-state index is -0.458. The molecule has 2 aromatic heterocycles. The number of nitriles is 1. The number of nitrogens with one attached hydrogen (secondary N) is 1. The molecule has 9 heteroatoms. The Bertz CT molecular complexity index is 1580. The van der Waals surface area contributed by atoms with Crippen molar-refractivity contribution in [3.8, 4) is 11.9 Å². The highest BCUT2D eigenvalue weighted by Gasteiger charge is 2.56. The van der Waals surface area contributed by atoms with Crippen LogP contribution in [0, 0.1) is 35.9 Å². The van der Waals surface area contributed by atoms with Gasteiger partial charge in [0.05, 0.1) is 41.9 Å². The van der Waals surface area contributed by atoms with Crippen LogP contribution in [0.3, 0.4) is 0 Å². The number of esters is 1. The smallest absolute Gasteiger partial charge is 0.337 e. The molecule has 0 amide bonds. The zero-order valence-electron chi connectivity index (χ0n) is 21.1. The van der Waals surface area contributed by atoms with Crippen LogP contribution in [0.25, 0.3) is 11.0 Å². The number of imidazole rings is 1. The molecule has 3 atom stereocenters. The number of aromatic amines is 1. The maximum atomic E-state index is 14.2. The summed E-state index contributed by atoms with van der Waals surface area (Å²) in [6.45, 7) is 4.64. The van der Waals surface area contributed by atoms with Gasteiger partial charge < -0.3 is 14.5 Å². The van der Waals surface area contributed by atoms with Crippen LogP contribution in [0.1, 0.15) is 44.5 Å². The molecule has 2 aromatic carbocycles. The Morgan fingerprint density at radius 1 is 1.18 bits per heavy atom. The van der Waals surface area contributed by atoms with Crippen LogP contribution in [-0.4, -0.2) is 46.0 Å². The first kappa shape index (κ1) is 24.1. The highest BCUT2D eigenvalue weighted by molar-refractivity contribution is 5.94. The van der Waals surface area contributed by atoms with Gasteiger partial charge in [-0.2, -0.15) is 5.26 Å². The number of halogens is 1. The zero-order valence-corrected chi connectivity index (χ0v) is 21.1. The van der Waals surface area contributed by atoms with Gasteiger partial charge in [-0.1, -0.05) is 12.1 Å². The van der Waals surface area contributed by atoms with Crippen molar-refractivity contribution in [1.29, 1.82) is 5.26 Å². The van der Waals surface area contributed by atoms with Crippen molar-refractivity contribution in [3.05, 3.63) is 88.1 Å². The van der Waals surface area contributed by atoms with E-state index in [4.69, 9.17) is 24.7 Å². The number of benzene rings is 2. The van der Waals surface area contributed by atoms with Crippen molar-refractivity contribution >= 4 is 17.0 Å². The summed E-state index contributed by atoms with van der Waals surface area (Å²) in [5.74, 6) is 1.99. The Morgan fingerprint density at radius 3 is 2.74 bits per heavy atom. The summed E-state index contributed by atoms with van der Waals surface area (Å²) in [6.07, 6.45) is 0. The molecule has 4 aromatic rings. The van der Waals surface area contributed by atoms with E-state index in [9.17, 15) is 9.18 Å². The summed E-state index contributed by atoms with van der Waals surface area (Å²) < 4.78 is 24.8. The number of methoxy groups -OCH3 is 1. The number of aryl methyl sites for hydroxylation is 1. The molecule has 8 nitrogen and oxygen atoms in total. The van der Waals surface area contributed by atoms with Crippen LogP contribution in [0.4, 0.5) is 4.39 Å². The molecule has 0 bridgehead atoms. The Balaban J connectivity index is 1.07. The molecular formula is C29H26FN5O3. The van der Waals surface area contributed by atoms with Gasteiger partial charge in [0.25, 0.3) is 0 Å². The third-order valence-electron chi connectivity index (χ3n) is 7.53. The number of hydrogen-bond donors (Lipinski definition) is 1. The number of aromatic nitrogens is 3. The van der Waals surface area contributed by atoms with E-state index < -0.39 is 5.82 Å². The standard InChI is InChI=1S/C29H26FN5O3/c1-16-8-19(29(36)37-2)10-24-28(16)34-25(32-24)14-35-12-20-21(13-35)27(20)23-4-3-5-26(33-23)38-15-18-7-6-17(11-31)9-22(18)30/h3-10,20-21,27H,12-15H2,1-2H3,(H,32,34)/t20-,21+,27?. The largest absolute Gasteiger partial charge is 0.473 e. The van der Waals surface area contributed by atoms with Crippen molar-refractivity contribution in [1.82, 2.24) is 19.9 Å². The van der Waals surface area contributed by atoms with Crippen molar-refractivity contribution in [2.24, 2.45) is 11.8 Å². The maximum absolute atomic E-state index is 14.2. The quantitative estimate of drug-likeness (QED) is 0.365. The van der Waals surface area contributed by atoms with Crippen LogP contribution >= 0.6 is 0 Å². The number of likely N-dealkylation sites (tertiary alicyclic amines) is 1. The molecule has 1 saturated carbocycles. The van der Waals surface area contributed by atoms with Gasteiger partial charge in [-0.3, -0.25) is 4.90 Å². The minimum Gasteiger partial charge on any atom is -0.473 e. The SMILES string of the molecule is COC(=O)c1cc(C)c2nc(CN3C[C@@H]4C(c5cccc(OCc6ccc(C#N)cc6F)n5)[C@@H]4C3)[nH]c2c1. The fourth-order valence-electron chi connectivity index (χ4n) is 5.63. The number of piperidine rings is 1. The number of H-pyrrole nitrogens is 1. The summed E-state index contributed by atoms with van der Waals surface area (Å²) in [4.78, 5) is 27.2. The van der Waals surface area contributed by atoms with Gasteiger partial charge in [0.2, 0.25) is 5.88 Å². The lowest BCUT2D eigenvalue weighted by Crippen LogP contribution is -2.24. The third kappa shape index (κ3) is 4.48. The number of carbonyl (C=O) groups excluding carboxylic acids is 1. The fourth-order valence-corrected chi connectivity index (χ4v) is 5.63. The van der Waals surface area contributed by atoms with E-state index in [1.807, 2.05) is 25.1 Å². The molecule has 1 saturated heterocycles. The lowest BCUT2D eigenvalue weighted by molar-refractivity contribution is 0.0600. The Labute approximate surface area is 219 Å². The Kier molecular flexibility index (Phi) is 6.04. The number of pyridine rings is 1. The van der Waals surface area contributed by atoms with E-state index in [0.717, 1.165) is 41.2 Å². The third-order valence-corrected chi connectivity index (χ3v) is 7.53. The first-order valence-corrected chi connectivity index (χ1v) is 12.5. The van der Waals surface area contributed by atoms with Crippen LogP contribution in [0.15, 0.2) is 48.5 Å². The number of nitrogens with zero attached hydrogens (tertiary/aromatic N) is 4. The molecule has 0 spiro atoms. The number of hydrogen-bond acceptors (Lipinski definition) is 7. The second-order valence-corrected chi connectivity index (χ2v) is 10.0. The van der Waals surface area contributed by atoms with Gasteiger partial charge in [0.15, 0.2) is 0 Å². The van der Waals surface area contributed by atoms with Crippen molar-refractivity contribution < 1.29 is 18.7 Å². The molecule has 2 aliphatic rings. The molecule has 3 heterocycles. The van der Waals surface area contributed by atoms with Gasteiger partial charge in [0, 0.05) is 36.3 Å². The summed E-state index contributed by atoms with van der Waals surface area (Å²) in [7, 11) is 1.38. The van der Waals surface area contributed by atoms with Gasteiger partial charge in [-0.05, 0) is 54.7 Å². The molecular weight excluding hydrogens is 485 g/mol. The predicted octanol–water partition coefficient (Wildman–Crippen LogP) is 4.49. The van der Waals surface area contributed by atoms with Gasteiger partial charge in [0.1, 0.15) is 18.2 Å². The highest BCUT2D eigenvalue weighted by Crippen LogP contribution is 2.58. The normalized spacial score (nSPS) is 20.2. The summed E-state index contributed by atoms with van der Waals surface area (Å²) >= 11 is 0. The number of fused-ring (bicyclic) bond motifs is 2. The first-order chi connectivity index (χ1) is 18.4. The lowest BCUT2D eigenvalue weighted by atomic mass is 10.1. The molecule has 2 fully saturated rings. The first-order valence-electron chi connectivity index (χ1n) is 12.5. The number of carbonyl (C=O) groups is 1. The van der Waals surface area contributed by atoms with Crippen LogP contribution < -0.4 is 4.74 Å². The number of ether oxygens (including phenoxy) is 2. The van der Waals surface area contributed by atoms with E-state index in [2.05, 4.69) is 9.88 Å². The van der Waals surface area contributed by atoms with E-state index in [-0.39, 0.29) is 18.1 Å². The van der Waals surface area contributed by atoms with Gasteiger partial charge in [-0.25, -0.2) is 19.2 Å². The number of rotatable bonds is 7. The minimum absolute atomic E-state index is 0.0530. The van der Waals surface area contributed by atoms with Crippen molar-refractivity contribution in [3.63, 3.8) is 0 Å². The zero-order chi connectivity index (χ0) is 26.4. The Morgan fingerprint density at radius 2 is 2.00 bits per heavy atom. The Hall–Kier alpha value is -4.29. The van der Waals surface area contributed by atoms with E-state index in [1.54, 1.807) is 30.3 Å². The molecule has 0 radical (unpaired) electrons. The van der Waals surface area contributed by atoms with Crippen molar-refractivity contribution in [2.75, 3.05) is 20.2 Å². The van der Waals surface area contributed by atoms with Crippen molar-refractivity contribution in [2.45, 2.75) is 26.0 Å². The predicted molar refractivity (Wildman–Crippen MR) is 137 cm³/mol. The summed E-state index contributed by atoms with van der Waals surface area (Å²) in [5.41, 5.74) is 4.83. The summed E-state index contributed by atoms with van der Waals surface area (Å²) in [6, 6.07) is 15.6. The molecule has 192 valence electrons. The average molecular weight is 512 g/mol. The molecule has 1 unspecified atom stereocenters. The average Bonchev–Trinajstić information content (AvgIpc) is 3.21. The molecule has 1 N–H and O–H groups in total. The van der Waals surface area contributed by atoms with E-state index >= 15 is 0 Å². The highest BCUT2D eigenvalue weighted by atomic mass is 19.1. The topological polar surface area (TPSA) is 104 Å². The second kappa shape index (κ2) is 9.54. The molecule has 1 aliphatic heterocycles. The summed E-state index contributed by atoms with van der Waals surface area (Å²) in [5, 5.41) is 8.90. The fraction of sp³-hybridized carbons (Fsp3) is 0.310. The van der Waals surface area contributed by atoms with Crippen LogP contribution in [-0.2, 0) is 17.9 Å². The van der Waals surface area contributed by atoms with Crippen LogP contribution in [0.2, 0.25) is 0 Å². The monoisotopic (exact) mass is 511 g/mol.